The van der Waals surface area contributed by atoms with Crippen LogP contribution >= 0.6 is 0 Å². The molecule has 0 radical (unpaired) electrons. The molecule has 20 heavy (non-hydrogen) atoms. The van der Waals surface area contributed by atoms with Crippen molar-refractivity contribution in [2.45, 2.75) is 19.8 Å². The van der Waals surface area contributed by atoms with Crippen LogP contribution < -0.4 is 5.32 Å². The van der Waals surface area contributed by atoms with Crippen LogP contribution in [0.15, 0.2) is 12.3 Å². The molecule has 0 saturated carbocycles. The van der Waals surface area contributed by atoms with Gasteiger partial charge in [0.25, 0.3) is 5.91 Å². The lowest BCUT2D eigenvalue weighted by Crippen LogP contribution is -2.30. The quantitative estimate of drug-likeness (QED) is 0.858. The summed E-state index contributed by atoms with van der Waals surface area (Å²) in [6.45, 7) is 3.68. The third-order valence-electron chi connectivity index (χ3n) is 3.49. The first-order chi connectivity index (χ1) is 9.67. The number of halogens is 1. The van der Waals surface area contributed by atoms with Crippen molar-refractivity contribution >= 4 is 11.7 Å². The number of pyridine rings is 1. The van der Waals surface area contributed by atoms with E-state index < -0.39 is 5.82 Å². The van der Waals surface area contributed by atoms with Crippen LogP contribution in [0.1, 0.15) is 30.1 Å². The summed E-state index contributed by atoms with van der Waals surface area (Å²) < 4.78 is 14.3. The molecule has 1 atom stereocenters. The molecule has 2 N–H and O–H groups in total. The number of aromatic nitrogens is 1. The van der Waals surface area contributed by atoms with E-state index >= 15 is 0 Å². The van der Waals surface area contributed by atoms with E-state index in [0.29, 0.717) is 19.6 Å². The van der Waals surface area contributed by atoms with Crippen LogP contribution in [0.2, 0.25) is 0 Å². The maximum Gasteiger partial charge on any atom is 0.257 e. The first kappa shape index (κ1) is 14.7. The highest BCUT2D eigenvalue weighted by atomic mass is 19.1. The van der Waals surface area contributed by atoms with Crippen LogP contribution in [0.3, 0.4) is 0 Å². The Morgan fingerprint density at radius 2 is 2.45 bits per heavy atom. The number of nitrogens with one attached hydrogen (secondary N) is 1. The number of likely N-dealkylation sites (tertiary alicyclic amines) is 1. The van der Waals surface area contributed by atoms with Crippen LogP contribution in [-0.4, -0.2) is 47.1 Å². The van der Waals surface area contributed by atoms with Gasteiger partial charge < -0.3 is 15.3 Å². The summed E-state index contributed by atoms with van der Waals surface area (Å²) >= 11 is 0. The Labute approximate surface area is 117 Å². The molecule has 1 aliphatic heterocycles. The molecule has 1 amide bonds. The summed E-state index contributed by atoms with van der Waals surface area (Å²) in [5.74, 6) is -0.712. The molecule has 1 fully saturated rings. The monoisotopic (exact) mass is 281 g/mol. The number of hydrogen-bond acceptors (Lipinski definition) is 4. The highest BCUT2D eigenvalue weighted by Crippen LogP contribution is 2.21. The number of anilines is 1. The molecule has 2 heterocycles. The molecule has 2 rings (SSSR count). The Morgan fingerprint density at radius 1 is 1.65 bits per heavy atom. The molecule has 0 aromatic carbocycles. The zero-order valence-corrected chi connectivity index (χ0v) is 11.6. The maximum atomic E-state index is 14.3. The lowest BCUT2D eigenvalue weighted by atomic mass is 10.1. The minimum atomic E-state index is -0.599. The second-order valence-electron chi connectivity index (χ2n) is 5.04. The minimum Gasteiger partial charge on any atom is -0.396 e. The lowest BCUT2D eigenvalue weighted by molar-refractivity contribution is 0.0777. The number of hydrogen-bond donors (Lipinski definition) is 2. The lowest BCUT2D eigenvalue weighted by Gasteiger charge is -2.17. The van der Waals surface area contributed by atoms with Gasteiger partial charge in [-0.15, -0.1) is 0 Å². The van der Waals surface area contributed by atoms with Crippen molar-refractivity contribution in [2.75, 3.05) is 31.6 Å². The van der Waals surface area contributed by atoms with Crippen LogP contribution in [0.4, 0.5) is 10.2 Å². The van der Waals surface area contributed by atoms with E-state index in [2.05, 4.69) is 10.3 Å². The van der Waals surface area contributed by atoms with Crippen molar-refractivity contribution in [1.82, 2.24) is 9.88 Å². The highest BCUT2D eigenvalue weighted by Gasteiger charge is 2.28. The van der Waals surface area contributed by atoms with Crippen molar-refractivity contribution < 1.29 is 14.3 Å². The van der Waals surface area contributed by atoms with Crippen molar-refractivity contribution in [3.8, 4) is 0 Å². The van der Waals surface area contributed by atoms with Crippen molar-refractivity contribution in [1.29, 1.82) is 0 Å². The van der Waals surface area contributed by atoms with Gasteiger partial charge in [0.15, 0.2) is 11.6 Å². The first-order valence-corrected chi connectivity index (χ1v) is 6.95. The molecule has 1 aliphatic rings. The Balaban J connectivity index is 2.14. The van der Waals surface area contributed by atoms with E-state index in [1.54, 1.807) is 4.90 Å². The van der Waals surface area contributed by atoms with Crippen LogP contribution in [0, 0.1) is 11.7 Å². The molecule has 1 aromatic heterocycles. The molecule has 0 bridgehead atoms. The van der Waals surface area contributed by atoms with Gasteiger partial charge in [-0.1, -0.05) is 6.92 Å². The average molecular weight is 281 g/mol. The second-order valence-corrected chi connectivity index (χ2v) is 5.04. The summed E-state index contributed by atoms with van der Waals surface area (Å²) in [6.07, 6.45) is 3.05. The fourth-order valence-corrected chi connectivity index (χ4v) is 2.31. The molecule has 6 heteroatoms. The van der Waals surface area contributed by atoms with Gasteiger partial charge in [-0.25, -0.2) is 9.37 Å². The zero-order chi connectivity index (χ0) is 14.5. The number of carbonyl (C=O) groups excluding carboxylic acids is 1. The van der Waals surface area contributed by atoms with Gasteiger partial charge in [0.05, 0.1) is 5.56 Å². The molecule has 1 saturated heterocycles. The molecule has 1 unspecified atom stereocenters. The van der Waals surface area contributed by atoms with E-state index in [1.807, 2.05) is 6.92 Å². The predicted molar refractivity (Wildman–Crippen MR) is 74.1 cm³/mol. The predicted octanol–water partition coefficient (Wildman–Crippen LogP) is 1.50. The Bertz CT molecular complexity index is 481. The van der Waals surface area contributed by atoms with E-state index in [-0.39, 0.29) is 29.8 Å². The number of carbonyl (C=O) groups is 1. The second kappa shape index (κ2) is 6.65. The molecular weight excluding hydrogens is 261 g/mol. The fourth-order valence-electron chi connectivity index (χ4n) is 2.31. The van der Waals surface area contributed by atoms with Gasteiger partial charge in [0.2, 0.25) is 0 Å². The summed E-state index contributed by atoms with van der Waals surface area (Å²) in [7, 11) is 0. The standard InChI is InChI=1S/C14H20FN3O2/c1-2-5-16-13-12(15)11(3-6-17-13)14(20)18-7-4-10(8-18)9-19/h3,6,10,19H,2,4-5,7-9H2,1H3,(H,16,17). The van der Waals surface area contributed by atoms with Gasteiger partial charge in [-0.05, 0) is 18.9 Å². The van der Waals surface area contributed by atoms with E-state index in [4.69, 9.17) is 5.11 Å². The molecular formula is C14H20FN3O2. The number of rotatable bonds is 5. The largest absolute Gasteiger partial charge is 0.396 e. The average Bonchev–Trinajstić information content (AvgIpc) is 2.94. The highest BCUT2D eigenvalue weighted by molar-refractivity contribution is 5.95. The molecule has 5 nitrogen and oxygen atoms in total. The van der Waals surface area contributed by atoms with Crippen molar-refractivity contribution in [2.24, 2.45) is 5.92 Å². The normalized spacial score (nSPS) is 18.4. The van der Waals surface area contributed by atoms with E-state index in [1.165, 1.54) is 12.3 Å². The number of aliphatic hydroxyl groups excluding tert-OH is 1. The SMILES string of the molecule is CCCNc1nccc(C(=O)N2CCC(CO)C2)c1F. The van der Waals surface area contributed by atoms with Gasteiger partial charge in [0, 0.05) is 38.4 Å². The summed E-state index contributed by atoms with van der Waals surface area (Å²) in [5, 5.41) is 12.0. The third kappa shape index (κ3) is 3.07. The summed E-state index contributed by atoms with van der Waals surface area (Å²) in [6, 6.07) is 1.40. The number of aliphatic hydroxyl groups is 1. The molecule has 110 valence electrons. The van der Waals surface area contributed by atoms with Crippen LogP contribution in [-0.2, 0) is 0 Å². The topological polar surface area (TPSA) is 65.5 Å². The van der Waals surface area contributed by atoms with Gasteiger partial charge in [0.1, 0.15) is 0 Å². The Hall–Kier alpha value is -1.69. The number of nitrogens with zero attached hydrogens (tertiary/aromatic N) is 2. The summed E-state index contributed by atoms with van der Waals surface area (Å²) in [4.78, 5) is 17.8. The van der Waals surface area contributed by atoms with Gasteiger partial charge >= 0.3 is 0 Å². The Morgan fingerprint density at radius 3 is 3.10 bits per heavy atom. The van der Waals surface area contributed by atoms with Crippen LogP contribution in [0.25, 0.3) is 0 Å². The molecule has 0 aliphatic carbocycles. The molecule has 0 spiro atoms. The molecule has 1 aromatic rings. The zero-order valence-electron chi connectivity index (χ0n) is 11.6. The minimum absolute atomic E-state index is 0.0391. The van der Waals surface area contributed by atoms with Crippen molar-refractivity contribution in [3.63, 3.8) is 0 Å². The maximum absolute atomic E-state index is 14.3. The van der Waals surface area contributed by atoms with Crippen LogP contribution in [0.5, 0.6) is 0 Å². The third-order valence-corrected chi connectivity index (χ3v) is 3.49. The first-order valence-electron chi connectivity index (χ1n) is 6.95. The van der Waals surface area contributed by atoms with E-state index in [0.717, 1.165) is 12.8 Å². The van der Waals surface area contributed by atoms with E-state index in [9.17, 15) is 9.18 Å². The van der Waals surface area contributed by atoms with Crippen molar-refractivity contribution in [3.05, 3.63) is 23.6 Å². The smallest absolute Gasteiger partial charge is 0.257 e. The Kier molecular flexibility index (Phi) is 4.89. The summed E-state index contributed by atoms with van der Waals surface area (Å²) in [5.41, 5.74) is 0.0391. The van der Waals surface area contributed by atoms with Gasteiger partial charge in [-0.2, -0.15) is 0 Å². The van der Waals surface area contributed by atoms with Gasteiger partial charge in [-0.3, -0.25) is 4.79 Å². The fraction of sp³-hybridized carbons (Fsp3) is 0.571. The number of amides is 1.